The molecule has 1 aromatic carbocycles. The topological polar surface area (TPSA) is 36.0 Å². The summed E-state index contributed by atoms with van der Waals surface area (Å²) in [6.45, 7) is 12.5. The normalized spacial score (nSPS) is 23.0. The molecule has 1 amide bonds. The number of hydrogen-bond donors (Lipinski definition) is 0. The quantitative estimate of drug-likeness (QED) is 0.844. The first-order valence-corrected chi connectivity index (χ1v) is 9.39. The Balaban J connectivity index is 1.44. The Labute approximate surface area is 151 Å². The lowest BCUT2D eigenvalue weighted by Crippen LogP contribution is -2.53. The molecule has 0 aliphatic carbocycles. The Morgan fingerprint density at radius 2 is 1.76 bits per heavy atom. The summed E-state index contributed by atoms with van der Waals surface area (Å²) in [5, 5.41) is 0. The highest BCUT2D eigenvalue weighted by atomic mass is 16.6. The van der Waals surface area contributed by atoms with Gasteiger partial charge in [0.2, 0.25) is 0 Å². The van der Waals surface area contributed by atoms with Crippen LogP contribution in [0.15, 0.2) is 30.3 Å². The maximum Gasteiger partial charge on any atom is 0.410 e. The van der Waals surface area contributed by atoms with E-state index < -0.39 is 5.60 Å². The zero-order chi connectivity index (χ0) is 17.9. The first-order chi connectivity index (χ1) is 11.9. The fourth-order valence-corrected chi connectivity index (χ4v) is 3.69. The van der Waals surface area contributed by atoms with E-state index in [0.29, 0.717) is 6.04 Å². The highest BCUT2D eigenvalue weighted by Crippen LogP contribution is 2.20. The third-order valence-electron chi connectivity index (χ3n) is 4.98. The van der Waals surface area contributed by atoms with Crippen LogP contribution in [0.2, 0.25) is 0 Å². The first kappa shape index (κ1) is 18.2. The van der Waals surface area contributed by atoms with Crippen molar-refractivity contribution in [1.29, 1.82) is 0 Å². The number of likely N-dealkylation sites (tertiary alicyclic amines) is 1. The van der Waals surface area contributed by atoms with E-state index in [2.05, 4.69) is 40.1 Å². The number of hydrogen-bond acceptors (Lipinski definition) is 4. The van der Waals surface area contributed by atoms with Crippen molar-refractivity contribution in [2.24, 2.45) is 0 Å². The number of carbonyl (C=O) groups is 1. The lowest BCUT2D eigenvalue weighted by Gasteiger charge is -2.38. The average Bonchev–Trinajstić information content (AvgIpc) is 3.03. The zero-order valence-corrected chi connectivity index (χ0v) is 15.8. The first-order valence-electron chi connectivity index (χ1n) is 9.39. The van der Waals surface area contributed by atoms with E-state index in [1.165, 1.54) is 12.0 Å². The number of amides is 1. The Bertz CT molecular complexity index is 562. The molecule has 2 fully saturated rings. The van der Waals surface area contributed by atoms with Crippen LogP contribution < -0.4 is 0 Å². The van der Waals surface area contributed by atoms with Crippen LogP contribution in [-0.2, 0) is 11.3 Å². The van der Waals surface area contributed by atoms with Crippen LogP contribution in [0, 0.1) is 0 Å². The molecule has 2 heterocycles. The summed E-state index contributed by atoms with van der Waals surface area (Å²) in [5.74, 6) is 0. The Hall–Kier alpha value is -1.59. The number of benzene rings is 1. The minimum Gasteiger partial charge on any atom is -0.444 e. The van der Waals surface area contributed by atoms with Crippen LogP contribution >= 0.6 is 0 Å². The van der Waals surface area contributed by atoms with Crippen LogP contribution in [0.1, 0.15) is 32.8 Å². The third-order valence-corrected chi connectivity index (χ3v) is 4.98. The molecule has 0 aromatic heterocycles. The molecule has 2 aliphatic rings. The lowest BCUT2D eigenvalue weighted by molar-refractivity contribution is 0.0107. The molecule has 0 unspecified atom stereocenters. The Kier molecular flexibility index (Phi) is 5.64. The molecule has 1 atom stereocenters. The van der Waals surface area contributed by atoms with E-state index in [-0.39, 0.29) is 6.09 Å². The van der Waals surface area contributed by atoms with E-state index >= 15 is 0 Å². The molecule has 25 heavy (non-hydrogen) atoms. The summed E-state index contributed by atoms with van der Waals surface area (Å²) in [4.78, 5) is 19.1. The van der Waals surface area contributed by atoms with E-state index in [0.717, 1.165) is 45.8 Å². The Morgan fingerprint density at radius 3 is 2.40 bits per heavy atom. The molecule has 0 spiro atoms. The minimum atomic E-state index is -0.419. The van der Waals surface area contributed by atoms with Gasteiger partial charge in [-0.2, -0.15) is 0 Å². The SMILES string of the molecule is CC(C)(C)OC(=O)N1CCN([C@H]2CCN(Cc3ccccc3)C2)CC1. The maximum atomic E-state index is 12.2. The monoisotopic (exact) mass is 345 g/mol. The van der Waals surface area contributed by atoms with Crippen LogP contribution in [0.4, 0.5) is 4.79 Å². The molecule has 5 heteroatoms. The van der Waals surface area contributed by atoms with Gasteiger partial charge in [-0.15, -0.1) is 0 Å². The van der Waals surface area contributed by atoms with E-state index in [1.807, 2.05) is 25.7 Å². The van der Waals surface area contributed by atoms with Gasteiger partial charge in [0, 0.05) is 51.9 Å². The van der Waals surface area contributed by atoms with Crippen molar-refractivity contribution >= 4 is 6.09 Å². The van der Waals surface area contributed by atoms with Gasteiger partial charge in [-0.3, -0.25) is 9.80 Å². The van der Waals surface area contributed by atoms with E-state index in [4.69, 9.17) is 4.74 Å². The van der Waals surface area contributed by atoms with Gasteiger partial charge < -0.3 is 9.64 Å². The predicted octanol–water partition coefficient (Wildman–Crippen LogP) is 2.81. The average molecular weight is 345 g/mol. The molecule has 3 rings (SSSR count). The molecule has 0 N–H and O–H groups in total. The zero-order valence-electron chi connectivity index (χ0n) is 15.8. The fourth-order valence-electron chi connectivity index (χ4n) is 3.69. The van der Waals surface area contributed by atoms with Gasteiger partial charge in [0.25, 0.3) is 0 Å². The largest absolute Gasteiger partial charge is 0.444 e. The van der Waals surface area contributed by atoms with Crippen LogP contribution in [-0.4, -0.2) is 71.7 Å². The van der Waals surface area contributed by atoms with Gasteiger partial charge in [-0.25, -0.2) is 4.79 Å². The van der Waals surface area contributed by atoms with Crippen molar-refractivity contribution in [2.45, 2.75) is 45.4 Å². The summed E-state index contributed by atoms with van der Waals surface area (Å²) in [6, 6.07) is 11.3. The van der Waals surface area contributed by atoms with Crippen LogP contribution in [0.25, 0.3) is 0 Å². The molecule has 2 saturated heterocycles. The second kappa shape index (κ2) is 7.75. The third kappa shape index (κ3) is 5.19. The molecular weight excluding hydrogens is 314 g/mol. The van der Waals surface area contributed by atoms with Crippen LogP contribution in [0.3, 0.4) is 0 Å². The van der Waals surface area contributed by atoms with Crippen molar-refractivity contribution in [3.8, 4) is 0 Å². The molecule has 0 radical (unpaired) electrons. The van der Waals surface area contributed by atoms with Gasteiger partial charge in [0.1, 0.15) is 5.60 Å². The number of rotatable bonds is 3. The smallest absolute Gasteiger partial charge is 0.410 e. The van der Waals surface area contributed by atoms with Crippen molar-refractivity contribution < 1.29 is 9.53 Å². The fraction of sp³-hybridized carbons (Fsp3) is 0.650. The van der Waals surface area contributed by atoms with Gasteiger partial charge in [-0.1, -0.05) is 30.3 Å². The summed E-state index contributed by atoms with van der Waals surface area (Å²) in [6.07, 6.45) is 1.04. The van der Waals surface area contributed by atoms with Crippen molar-refractivity contribution in [3.05, 3.63) is 35.9 Å². The summed E-state index contributed by atoms with van der Waals surface area (Å²) in [5.41, 5.74) is 0.968. The van der Waals surface area contributed by atoms with Gasteiger partial charge >= 0.3 is 6.09 Å². The summed E-state index contributed by atoms with van der Waals surface area (Å²) < 4.78 is 5.48. The molecule has 138 valence electrons. The number of ether oxygens (including phenoxy) is 1. The van der Waals surface area contributed by atoms with Gasteiger partial charge in [-0.05, 0) is 32.8 Å². The highest BCUT2D eigenvalue weighted by molar-refractivity contribution is 5.68. The van der Waals surface area contributed by atoms with Crippen LogP contribution in [0.5, 0.6) is 0 Å². The van der Waals surface area contributed by atoms with E-state index in [1.54, 1.807) is 0 Å². The standard InChI is InChI=1S/C20H31N3O2/c1-20(2,3)25-19(24)23-13-11-22(12-14-23)18-9-10-21(16-18)15-17-7-5-4-6-8-17/h4-8,18H,9-16H2,1-3H3/t18-/m0/s1. The predicted molar refractivity (Wildman–Crippen MR) is 99.5 cm³/mol. The summed E-state index contributed by atoms with van der Waals surface area (Å²) in [7, 11) is 0. The molecule has 1 aromatic rings. The Morgan fingerprint density at radius 1 is 1.08 bits per heavy atom. The highest BCUT2D eigenvalue weighted by Gasteiger charge is 2.32. The second-order valence-corrected chi connectivity index (χ2v) is 8.17. The molecule has 5 nitrogen and oxygen atoms in total. The van der Waals surface area contributed by atoms with Gasteiger partial charge in [0.15, 0.2) is 0 Å². The molecule has 0 bridgehead atoms. The van der Waals surface area contributed by atoms with Crippen molar-refractivity contribution in [3.63, 3.8) is 0 Å². The maximum absolute atomic E-state index is 12.2. The van der Waals surface area contributed by atoms with Crippen molar-refractivity contribution in [2.75, 3.05) is 39.3 Å². The minimum absolute atomic E-state index is 0.177. The summed E-state index contributed by atoms with van der Waals surface area (Å²) >= 11 is 0. The number of piperazine rings is 1. The molecule has 2 aliphatic heterocycles. The molecule has 0 saturated carbocycles. The van der Waals surface area contributed by atoms with E-state index in [9.17, 15) is 4.79 Å². The van der Waals surface area contributed by atoms with Gasteiger partial charge in [0.05, 0.1) is 0 Å². The van der Waals surface area contributed by atoms with Crippen molar-refractivity contribution in [1.82, 2.24) is 14.7 Å². The molecular formula is C20H31N3O2. The number of nitrogens with zero attached hydrogens (tertiary/aromatic N) is 3. The number of carbonyl (C=O) groups excluding carboxylic acids is 1. The lowest BCUT2D eigenvalue weighted by atomic mass is 10.2. The second-order valence-electron chi connectivity index (χ2n) is 8.17.